The maximum atomic E-state index is 2.41. The van der Waals surface area contributed by atoms with Crippen molar-refractivity contribution >= 4 is 70.1 Å². The zero-order valence-corrected chi connectivity index (χ0v) is 29.2. The summed E-state index contributed by atoms with van der Waals surface area (Å²) in [7, 11) is 0. The Morgan fingerprint density at radius 1 is 0.308 bits per heavy atom. The van der Waals surface area contributed by atoms with Gasteiger partial charge in [0.05, 0.1) is 5.69 Å². The highest BCUT2D eigenvalue weighted by atomic mass is 32.1. The summed E-state index contributed by atoms with van der Waals surface area (Å²) in [5, 5.41) is 7.68. The number of rotatable bonds is 6. The van der Waals surface area contributed by atoms with Crippen LogP contribution >= 0.6 is 11.3 Å². The zero-order chi connectivity index (χ0) is 34.4. The van der Waals surface area contributed by atoms with Crippen molar-refractivity contribution in [1.29, 1.82) is 0 Å². The van der Waals surface area contributed by atoms with Gasteiger partial charge >= 0.3 is 0 Å². The van der Waals surface area contributed by atoms with E-state index in [4.69, 9.17) is 0 Å². The largest absolute Gasteiger partial charge is 0.310 e. The Morgan fingerprint density at radius 2 is 0.788 bits per heavy atom. The smallest absolute Gasteiger partial charge is 0.0540 e. The fraction of sp³-hybridized carbons (Fsp3) is 0. The summed E-state index contributed by atoms with van der Waals surface area (Å²) in [5.74, 6) is 0. The SMILES string of the molecule is c1ccc(-c2ccc(N(c3ccc(-c4cc5c6ccccc6sc5c5ccccc45)cc3)c3ccc(-c4ccccc4)c4ccccc34)cc2)cc1. The quantitative estimate of drug-likeness (QED) is 0.169. The molecule has 52 heavy (non-hydrogen) atoms. The molecule has 1 nitrogen and oxygen atoms in total. The molecule has 0 aliphatic carbocycles. The third kappa shape index (κ3) is 5.16. The number of thiophene rings is 1. The summed E-state index contributed by atoms with van der Waals surface area (Å²) >= 11 is 1.89. The van der Waals surface area contributed by atoms with Gasteiger partial charge in [-0.3, -0.25) is 0 Å². The Labute approximate surface area is 307 Å². The maximum absolute atomic E-state index is 2.41. The molecule has 9 aromatic carbocycles. The second-order valence-corrected chi connectivity index (χ2v) is 14.3. The van der Waals surface area contributed by atoms with Crippen molar-refractivity contribution in [3.05, 3.63) is 200 Å². The normalized spacial score (nSPS) is 11.5. The lowest BCUT2D eigenvalue weighted by Gasteiger charge is -2.28. The molecule has 1 heterocycles. The molecule has 0 fully saturated rings. The first-order valence-electron chi connectivity index (χ1n) is 17.8. The van der Waals surface area contributed by atoms with Crippen LogP contribution < -0.4 is 4.90 Å². The van der Waals surface area contributed by atoms with Gasteiger partial charge in [0.2, 0.25) is 0 Å². The minimum absolute atomic E-state index is 1.11. The Kier molecular flexibility index (Phi) is 7.41. The van der Waals surface area contributed by atoms with E-state index in [1.54, 1.807) is 0 Å². The lowest BCUT2D eigenvalue weighted by molar-refractivity contribution is 1.30. The molecule has 0 saturated carbocycles. The van der Waals surface area contributed by atoms with E-state index in [1.165, 1.54) is 75.1 Å². The van der Waals surface area contributed by atoms with Gasteiger partial charge in [0.1, 0.15) is 0 Å². The van der Waals surface area contributed by atoms with Gasteiger partial charge in [-0.05, 0) is 86.6 Å². The van der Waals surface area contributed by atoms with Crippen LogP contribution in [0.1, 0.15) is 0 Å². The van der Waals surface area contributed by atoms with E-state index in [9.17, 15) is 0 Å². The molecule has 244 valence electrons. The first-order valence-corrected chi connectivity index (χ1v) is 18.6. The molecule has 0 amide bonds. The van der Waals surface area contributed by atoms with E-state index in [0.717, 1.165) is 17.1 Å². The predicted molar refractivity (Wildman–Crippen MR) is 225 cm³/mol. The number of benzene rings is 9. The number of hydrogen-bond acceptors (Lipinski definition) is 2. The van der Waals surface area contributed by atoms with Crippen molar-refractivity contribution in [1.82, 2.24) is 0 Å². The molecule has 0 aliphatic rings. The first-order chi connectivity index (χ1) is 25.8. The zero-order valence-electron chi connectivity index (χ0n) is 28.4. The summed E-state index contributed by atoms with van der Waals surface area (Å²) < 4.78 is 2.68. The van der Waals surface area contributed by atoms with Gasteiger partial charge in [-0.25, -0.2) is 0 Å². The molecule has 0 radical (unpaired) electrons. The van der Waals surface area contributed by atoms with Crippen LogP contribution in [0.25, 0.3) is 75.1 Å². The van der Waals surface area contributed by atoms with Crippen LogP contribution in [0.15, 0.2) is 200 Å². The van der Waals surface area contributed by atoms with Gasteiger partial charge in [0.15, 0.2) is 0 Å². The topological polar surface area (TPSA) is 3.24 Å². The summed E-state index contributed by atoms with van der Waals surface area (Å²) in [6.07, 6.45) is 0. The van der Waals surface area contributed by atoms with E-state index in [1.807, 2.05) is 11.3 Å². The summed E-state index contributed by atoms with van der Waals surface area (Å²) in [4.78, 5) is 2.41. The van der Waals surface area contributed by atoms with E-state index in [-0.39, 0.29) is 0 Å². The van der Waals surface area contributed by atoms with Crippen LogP contribution in [0.5, 0.6) is 0 Å². The van der Waals surface area contributed by atoms with Crippen molar-refractivity contribution in [2.75, 3.05) is 4.90 Å². The van der Waals surface area contributed by atoms with E-state index in [2.05, 4.69) is 205 Å². The van der Waals surface area contributed by atoms with E-state index < -0.39 is 0 Å². The van der Waals surface area contributed by atoms with Gasteiger partial charge in [-0.15, -0.1) is 11.3 Å². The van der Waals surface area contributed by atoms with Crippen molar-refractivity contribution in [2.45, 2.75) is 0 Å². The van der Waals surface area contributed by atoms with Crippen molar-refractivity contribution < 1.29 is 0 Å². The van der Waals surface area contributed by atoms with Gasteiger partial charge in [0.25, 0.3) is 0 Å². The third-order valence-electron chi connectivity index (χ3n) is 10.3. The Bertz CT molecular complexity index is 2870. The number of fused-ring (bicyclic) bond motifs is 6. The number of nitrogens with zero attached hydrogens (tertiary/aromatic N) is 1. The van der Waals surface area contributed by atoms with Crippen molar-refractivity contribution in [2.24, 2.45) is 0 Å². The standard InChI is InChI=1S/C50H33NS/c1-3-13-34(14-4-1)35-23-27-38(28-24-35)51(48-32-31-40(36-15-5-2-6-16-36)41-17-7-9-19-43(41)48)39-29-25-37(26-30-39)46-33-47-44-20-11-12-22-49(44)52-50(47)45-21-10-8-18-42(45)46/h1-33H. The van der Waals surface area contributed by atoms with Crippen molar-refractivity contribution in [3.8, 4) is 33.4 Å². The first kappa shape index (κ1) is 30.4. The lowest BCUT2D eigenvalue weighted by atomic mass is 9.95. The Balaban J connectivity index is 1.14. The second kappa shape index (κ2) is 12.7. The van der Waals surface area contributed by atoms with Gasteiger partial charge in [0, 0.05) is 42.3 Å². The fourth-order valence-electron chi connectivity index (χ4n) is 7.78. The molecule has 2 heteroatoms. The van der Waals surface area contributed by atoms with E-state index in [0.29, 0.717) is 0 Å². The molecule has 0 saturated heterocycles. The molecular weight excluding hydrogens is 647 g/mol. The van der Waals surface area contributed by atoms with E-state index >= 15 is 0 Å². The molecule has 0 bridgehead atoms. The van der Waals surface area contributed by atoms with Crippen LogP contribution in [-0.4, -0.2) is 0 Å². The average Bonchev–Trinajstić information content (AvgIpc) is 3.61. The molecule has 0 atom stereocenters. The summed E-state index contributed by atoms with van der Waals surface area (Å²) in [5.41, 5.74) is 10.7. The highest BCUT2D eigenvalue weighted by Gasteiger charge is 2.19. The molecule has 0 spiro atoms. The molecule has 0 N–H and O–H groups in total. The highest BCUT2D eigenvalue weighted by molar-refractivity contribution is 7.26. The minimum Gasteiger partial charge on any atom is -0.310 e. The van der Waals surface area contributed by atoms with Crippen molar-refractivity contribution in [3.63, 3.8) is 0 Å². The Morgan fingerprint density at radius 3 is 1.46 bits per heavy atom. The highest BCUT2D eigenvalue weighted by Crippen LogP contribution is 2.45. The van der Waals surface area contributed by atoms with Crippen LogP contribution in [-0.2, 0) is 0 Å². The van der Waals surface area contributed by atoms with Crippen LogP contribution in [0, 0.1) is 0 Å². The van der Waals surface area contributed by atoms with Gasteiger partial charge in [-0.1, -0.05) is 158 Å². The molecule has 1 aromatic heterocycles. The molecular formula is C50H33NS. The molecule has 0 aliphatic heterocycles. The fourth-order valence-corrected chi connectivity index (χ4v) is 9.01. The van der Waals surface area contributed by atoms with Gasteiger partial charge in [-0.2, -0.15) is 0 Å². The monoisotopic (exact) mass is 679 g/mol. The second-order valence-electron chi connectivity index (χ2n) is 13.3. The van der Waals surface area contributed by atoms with Crippen LogP contribution in [0.3, 0.4) is 0 Å². The molecule has 0 unspecified atom stereocenters. The molecule has 10 aromatic rings. The molecule has 10 rings (SSSR count). The summed E-state index contributed by atoms with van der Waals surface area (Å²) in [6, 6.07) is 72.8. The lowest BCUT2D eigenvalue weighted by Crippen LogP contribution is -2.10. The van der Waals surface area contributed by atoms with Gasteiger partial charge < -0.3 is 4.90 Å². The summed E-state index contributed by atoms with van der Waals surface area (Å²) in [6.45, 7) is 0. The van der Waals surface area contributed by atoms with Crippen LogP contribution in [0.4, 0.5) is 17.1 Å². The average molecular weight is 680 g/mol. The predicted octanol–water partition coefficient (Wildman–Crippen LogP) is 14.8. The number of hydrogen-bond donors (Lipinski definition) is 0. The minimum atomic E-state index is 1.11. The third-order valence-corrected chi connectivity index (χ3v) is 11.5. The Hall–Kier alpha value is -6.48. The maximum Gasteiger partial charge on any atom is 0.0540 e. The number of anilines is 3. The van der Waals surface area contributed by atoms with Crippen LogP contribution in [0.2, 0.25) is 0 Å².